The van der Waals surface area contributed by atoms with E-state index < -0.39 is 5.60 Å². The lowest BCUT2D eigenvalue weighted by Crippen LogP contribution is -2.43. The average Bonchev–Trinajstić information content (AvgIpc) is 2.00. The zero-order valence-electron chi connectivity index (χ0n) is 8.68. The molecule has 0 spiro atoms. The van der Waals surface area contributed by atoms with Gasteiger partial charge >= 0.3 is 6.03 Å². The number of hydrogen-bond acceptors (Lipinski definition) is 2. The van der Waals surface area contributed by atoms with Gasteiger partial charge in [-0.3, -0.25) is 0 Å². The highest BCUT2D eigenvalue weighted by Gasteiger charge is 2.12. The molecule has 0 aliphatic carbocycles. The summed E-state index contributed by atoms with van der Waals surface area (Å²) in [4.78, 5) is 11.0. The van der Waals surface area contributed by atoms with Crippen molar-refractivity contribution in [1.82, 2.24) is 10.6 Å². The fourth-order valence-corrected chi connectivity index (χ4v) is 0.738. The Balaban J connectivity index is 3.41. The minimum Gasteiger partial charge on any atom is -0.389 e. The fraction of sp³-hybridized carbons (Fsp3) is 0.889. The van der Waals surface area contributed by atoms with E-state index in [2.05, 4.69) is 17.6 Å². The Labute approximate surface area is 79.7 Å². The molecular formula is C9H20N2O2. The van der Waals surface area contributed by atoms with E-state index in [-0.39, 0.29) is 12.6 Å². The molecule has 0 atom stereocenters. The van der Waals surface area contributed by atoms with Crippen molar-refractivity contribution in [2.75, 3.05) is 13.1 Å². The second-order valence-corrected chi connectivity index (χ2v) is 3.78. The molecule has 0 aliphatic heterocycles. The van der Waals surface area contributed by atoms with E-state index in [4.69, 9.17) is 0 Å². The van der Waals surface area contributed by atoms with Crippen LogP contribution in [0.5, 0.6) is 0 Å². The van der Waals surface area contributed by atoms with Gasteiger partial charge in [-0.15, -0.1) is 0 Å². The summed E-state index contributed by atoms with van der Waals surface area (Å²) in [5.74, 6) is 0. The predicted octanol–water partition coefficient (Wildman–Crippen LogP) is 0.857. The van der Waals surface area contributed by atoms with Gasteiger partial charge in [-0.2, -0.15) is 0 Å². The summed E-state index contributed by atoms with van der Waals surface area (Å²) in [7, 11) is 0. The third kappa shape index (κ3) is 9.14. The number of hydrogen-bond donors (Lipinski definition) is 3. The number of unbranched alkanes of at least 4 members (excludes halogenated alkanes) is 1. The van der Waals surface area contributed by atoms with Crippen LogP contribution >= 0.6 is 0 Å². The third-order valence-corrected chi connectivity index (χ3v) is 1.50. The Bertz CT molecular complexity index is 152. The van der Waals surface area contributed by atoms with E-state index in [9.17, 15) is 9.90 Å². The Morgan fingerprint density at radius 2 is 2.00 bits per heavy atom. The lowest BCUT2D eigenvalue weighted by Gasteiger charge is -2.17. The van der Waals surface area contributed by atoms with Gasteiger partial charge in [-0.05, 0) is 20.3 Å². The average molecular weight is 188 g/mol. The van der Waals surface area contributed by atoms with Crippen molar-refractivity contribution in [3.63, 3.8) is 0 Å². The monoisotopic (exact) mass is 188 g/mol. The molecule has 78 valence electrons. The van der Waals surface area contributed by atoms with Crippen molar-refractivity contribution in [3.05, 3.63) is 0 Å². The topological polar surface area (TPSA) is 61.4 Å². The van der Waals surface area contributed by atoms with E-state index in [1.807, 2.05) is 0 Å². The van der Waals surface area contributed by atoms with Crippen molar-refractivity contribution in [1.29, 1.82) is 0 Å². The van der Waals surface area contributed by atoms with Crippen LogP contribution in [0.1, 0.15) is 33.6 Å². The first-order valence-corrected chi connectivity index (χ1v) is 4.70. The highest BCUT2D eigenvalue weighted by atomic mass is 16.3. The molecule has 3 N–H and O–H groups in total. The highest BCUT2D eigenvalue weighted by Crippen LogP contribution is 1.96. The molecule has 0 aliphatic rings. The van der Waals surface area contributed by atoms with Crippen LogP contribution in [-0.2, 0) is 0 Å². The second-order valence-electron chi connectivity index (χ2n) is 3.78. The minimum absolute atomic E-state index is 0.212. The first kappa shape index (κ1) is 12.2. The van der Waals surface area contributed by atoms with Gasteiger partial charge < -0.3 is 15.7 Å². The predicted molar refractivity (Wildman–Crippen MR) is 52.6 cm³/mol. The number of carbonyl (C=O) groups is 1. The van der Waals surface area contributed by atoms with Crippen LogP contribution in [0.15, 0.2) is 0 Å². The lowest BCUT2D eigenvalue weighted by atomic mass is 10.1. The van der Waals surface area contributed by atoms with Gasteiger partial charge in [0.1, 0.15) is 0 Å². The molecule has 0 saturated heterocycles. The summed E-state index contributed by atoms with van der Waals surface area (Å²) in [6, 6.07) is -0.212. The zero-order valence-corrected chi connectivity index (χ0v) is 8.68. The molecule has 0 heterocycles. The lowest BCUT2D eigenvalue weighted by molar-refractivity contribution is 0.0819. The van der Waals surface area contributed by atoms with Crippen molar-refractivity contribution in [2.24, 2.45) is 0 Å². The molecule has 4 heteroatoms. The van der Waals surface area contributed by atoms with E-state index in [0.717, 1.165) is 12.8 Å². The Hall–Kier alpha value is -0.770. The van der Waals surface area contributed by atoms with Gasteiger partial charge in [-0.1, -0.05) is 13.3 Å². The zero-order chi connectivity index (χ0) is 10.3. The van der Waals surface area contributed by atoms with Crippen molar-refractivity contribution in [3.8, 4) is 0 Å². The van der Waals surface area contributed by atoms with E-state index in [1.165, 1.54) is 0 Å². The number of rotatable bonds is 5. The highest BCUT2D eigenvalue weighted by molar-refractivity contribution is 5.73. The van der Waals surface area contributed by atoms with Crippen molar-refractivity contribution >= 4 is 6.03 Å². The summed E-state index contributed by atoms with van der Waals surface area (Å²) < 4.78 is 0. The maximum atomic E-state index is 11.0. The number of urea groups is 1. The van der Waals surface area contributed by atoms with E-state index >= 15 is 0 Å². The number of aliphatic hydroxyl groups is 1. The quantitative estimate of drug-likeness (QED) is 0.560. The Kier molecular flexibility index (Phi) is 5.46. The largest absolute Gasteiger partial charge is 0.389 e. The number of nitrogens with one attached hydrogen (secondary N) is 2. The molecular weight excluding hydrogens is 168 g/mol. The van der Waals surface area contributed by atoms with Gasteiger partial charge in [0, 0.05) is 13.1 Å². The van der Waals surface area contributed by atoms with Crippen LogP contribution in [0.3, 0.4) is 0 Å². The molecule has 0 radical (unpaired) electrons. The molecule has 0 aromatic carbocycles. The molecule has 0 rings (SSSR count). The smallest absolute Gasteiger partial charge is 0.314 e. The molecule has 0 aromatic rings. The molecule has 2 amide bonds. The van der Waals surface area contributed by atoms with Crippen LogP contribution in [0.2, 0.25) is 0 Å². The van der Waals surface area contributed by atoms with Gasteiger partial charge in [-0.25, -0.2) is 4.79 Å². The van der Waals surface area contributed by atoms with E-state index in [0.29, 0.717) is 6.54 Å². The standard InChI is InChI=1S/C9H20N2O2/c1-4-5-6-10-8(12)11-7-9(2,3)13/h13H,4-7H2,1-3H3,(H2,10,11,12). The van der Waals surface area contributed by atoms with Crippen LogP contribution in [-0.4, -0.2) is 29.8 Å². The second kappa shape index (κ2) is 5.80. The van der Waals surface area contributed by atoms with E-state index in [1.54, 1.807) is 13.8 Å². The Morgan fingerprint density at radius 1 is 1.38 bits per heavy atom. The molecule has 0 unspecified atom stereocenters. The molecule has 4 nitrogen and oxygen atoms in total. The SMILES string of the molecule is CCCCNC(=O)NCC(C)(C)O. The Morgan fingerprint density at radius 3 is 2.46 bits per heavy atom. The summed E-state index contributed by atoms with van der Waals surface area (Å²) in [6.45, 7) is 6.33. The fourth-order valence-electron chi connectivity index (χ4n) is 0.738. The molecule has 0 aromatic heterocycles. The van der Waals surface area contributed by atoms with Gasteiger partial charge in [0.05, 0.1) is 5.60 Å². The summed E-state index contributed by atoms with van der Waals surface area (Å²) in [6.07, 6.45) is 2.04. The molecule has 13 heavy (non-hydrogen) atoms. The molecule has 0 fully saturated rings. The first-order valence-electron chi connectivity index (χ1n) is 4.70. The van der Waals surface area contributed by atoms with Crippen molar-refractivity contribution < 1.29 is 9.90 Å². The van der Waals surface area contributed by atoms with Crippen LogP contribution in [0.4, 0.5) is 4.79 Å². The normalized spacial score (nSPS) is 11.1. The minimum atomic E-state index is -0.845. The number of carbonyl (C=O) groups excluding carboxylic acids is 1. The maximum absolute atomic E-state index is 11.0. The third-order valence-electron chi connectivity index (χ3n) is 1.50. The molecule has 0 bridgehead atoms. The van der Waals surface area contributed by atoms with Crippen LogP contribution in [0.25, 0.3) is 0 Å². The van der Waals surface area contributed by atoms with Gasteiger partial charge in [0.25, 0.3) is 0 Å². The first-order chi connectivity index (χ1) is 5.95. The summed E-state index contributed by atoms with van der Waals surface area (Å²) in [5.41, 5.74) is -0.845. The van der Waals surface area contributed by atoms with Crippen LogP contribution < -0.4 is 10.6 Å². The van der Waals surface area contributed by atoms with Gasteiger partial charge in [0.15, 0.2) is 0 Å². The van der Waals surface area contributed by atoms with Crippen LogP contribution in [0, 0.1) is 0 Å². The summed E-state index contributed by atoms with van der Waals surface area (Å²) >= 11 is 0. The summed E-state index contributed by atoms with van der Waals surface area (Å²) in [5, 5.41) is 14.6. The van der Waals surface area contributed by atoms with Crippen molar-refractivity contribution in [2.45, 2.75) is 39.2 Å². The maximum Gasteiger partial charge on any atom is 0.314 e. The number of amides is 2. The van der Waals surface area contributed by atoms with Gasteiger partial charge in [0.2, 0.25) is 0 Å². The molecule has 0 saturated carbocycles.